The number of nitrogens with zero attached hydrogens (tertiary/aromatic N) is 3. The Morgan fingerprint density at radius 1 is 0.971 bits per heavy atom. The Kier molecular flexibility index (Phi) is 6.89. The maximum absolute atomic E-state index is 13.6. The summed E-state index contributed by atoms with van der Waals surface area (Å²) in [6, 6.07) is 18.0. The SMILES string of the molecule is O=C(CCc1cccnc1)N1CC[C@H]2[C@H](CCCN2C(=O)c2ccc(-c3cccc(F)c3)cc2)C1. The zero-order valence-electron chi connectivity index (χ0n) is 19.8. The van der Waals surface area contributed by atoms with Crippen molar-refractivity contribution in [1.29, 1.82) is 0 Å². The largest absolute Gasteiger partial charge is 0.342 e. The number of fused-ring (bicyclic) bond motifs is 1. The number of amides is 2. The first-order chi connectivity index (χ1) is 17.1. The zero-order chi connectivity index (χ0) is 24.2. The van der Waals surface area contributed by atoms with Crippen LogP contribution in [0.1, 0.15) is 41.6 Å². The Morgan fingerprint density at radius 3 is 2.60 bits per heavy atom. The Labute approximate surface area is 205 Å². The summed E-state index contributed by atoms with van der Waals surface area (Å²) in [6.07, 6.45) is 7.55. The number of aryl methyl sites for hydroxylation is 1. The van der Waals surface area contributed by atoms with E-state index in [1.165, 1.54) is 12.1 Å². The highest BCUT2D eigenvalue weighted by Crippen LogP contribution is 2.32. The molecule has 2 aliphatic rings. The lowest BCUT2D eigenvalue weighted by Gasteiger charge is -2.47. The van der Waals surface area contributed by atoms with Crippen LogP contribution in [0.2, 0.25) is 0 Å². The molecule has 1 aromatic heterocycles. The zero-order valence-corrected chi connectivity index (χ0v) is 19.8. The lowest BCUT2D eigenvalue weighted by Crippen LogP contribution is -2.56. The van der Waals surface area contributed by atoms with Gasteiger partial charge in [-0.1, -0.05) is 30.3 Å². The van der Waals surface area contributed by atoms with E-state index in [9.17, 15) is 14.0 Å². The Bertz CT molecular complexity index is 1180. The van der Waals surface area contributed by atoms with Crippen molar-refractivity contribution in [3.05, 3.63) is 90.0 Å². The summed E-state index contributed by atoms with van der Waals surface area (Å²) in [6.45, 7) is 2.16. The van der Waals surface area contributed by atoms with Crippen molar-refractivity contribution in [2.75, 3.05) is 19.6 Å². The second kappa shape index (κ2) is 10.4. The van der Waals surface area contributed by atoms with E-state index in [2.05, 4.69) is 4.98 Å². The van der Waals surface area contributed by atoms with Crippen LogP contribution in [0, 0.1) is 11.7 Å². The summed E-state index contributed by atoms with van der Waals surface area (Å²) >= 11 is 0. The summed E-state index contributed by atoms with van der Waals surface area (Å²) in [5.41, 5.74) is 3.41. The number of halogens is 1. The monoisotopic (exact) mass is 471 g/mol. The molecule has 2 fully saturated rings. The van der Waals surface area contributed by atoms with Crippen LogP contribution >= 0.6 is 0 Å². The maximum atomic E-state index is 13.6. The smallest absolute Gasteiger partial charge is 0.254 e. The normalized spacial score (nSPS) is 19.8. The molecular weight excluding hydrogens is 441 g/mol. The third-order valence-electron chi connectivity index (χ3n) is 7.32. The highest BCUT2D eigenvalue weighted by Gasteiger charge is 2.39. The first kappa shape index (κ1) is 23.2. The minimum Gasteiger partial charge on any atom is -0.342 e. The number of pyridine rings is 1. The van der Waals surface area contributed by atoms with Gasteiger partial charge in [-0.05, 0) is 78.6 Å². The molecule has 35 heavy (non-hydrogen) atoms. The third kappa shape index (κ3) is 5.26. The molecule has 0 saturated carbocycles. The molecule has 0 bridgehead atoms. The number of hydrogen-bond donors (Lipinski definition) is 0. The summed E-state index contributed by atoms with van der Waals surface area (Å²) in [7, 11) is 0. The fraction of sp³-hybridized carbons (Fsp3) is 0.345. The molecule has 0 unspecified atom stereocenters. The highest BCUT2D eigenvalue weighted by atomic mass is 19.1. The summed E-state index contributed by atoms with van der Waals surface area (Å²) < 4.78 is 13.6. The first-order valence-electron chi connectivity index (χ1n) is 12.4. The average Bonchev–Trinajstić information content (AvgIpc) is 2.91. The Balaban J connectivity index is 1.21. The molecule has 0 radical (unpaired) electrons. The summed E-state index contributed by atoms with van der Waals surface area (Å²) in [5, 5.41) is 0. The van der Waals surface area contributed by atoms with Crippen molar-refractivity contribution in [3.8, 4) is 11.1 Å². The van der Waals surface area contributed by atoms with E-state index in [1.807, 2.05) is 58.5 Å². The number of carbonyl (C=O) groups excluding carboxylic acids is 2. The molecular formula is C29H30FN3O2. The molecule has 2 atom stereocenters. The standard InChI is InChI=1S/C29H30FN3O2/c30-26-7-1-5-24(18-26)22-9-11-23(12-10-22)29(35)33-16-3-6-25-20-32(17-14-27(25)33)28(34)13-8-21-4-2-15-31-19-21/h1-2,4-5,7,9-12,15,18-19,25,27H,3,6,8,13-14,16-17,20H2/t25-,27+/m1/s1. The van der Waals surface area contributed by atoms with Gasteiger partial charge in [-0.25, -0.2) is 4.39 Å². The van der Waals surface area contributed by atoms with E-state index >= 15 is 0 Å². The molecule has 2 amide bonds. The van der Waals surface area contributed by atoms with Crippen LogP contribution in [0.3, 0.4) is 0 Å². The fourth-order valence-electron chi connectivity index (χ4n) is 5.48. The molecule has 3 aromatic rings. The number of aromatic nitrogens is 1. The van der Waals surface area contributed by atoms with Crippen molar-refractivity contribution in [2.45, 2.75) is 38.1 Å². The van der Waals surface area contributed by atoms with E-state index in [0.717, 1.165) is 49.0 Å². The summed E-state index contributed by atoms with van der Waals surface area (Å²) in [5.74, 6) is 0.268. The van der Waals surface area contributed by atoms with E-state index in [1.54, 1.807) is 12.3 Å². The van der Waals surface area contributed by atoms with Crippen LogP contribution in [-0.2, 0) is 11.2 Å². The van der Waals surface area contributed by atoms with E-state index in [-0.39, 0.29) is 23.7 Å². The van der Waals surface area contributed by atoms with Gasteiger partial charge >= 0.3 is 0 Å². The van der Waals surface area contributed by atoms with Crippen molar-refractivity contribution < 1.29 is 14.0 Å². The van der Waals surface area contributed by atoms with Gasteiger partial charge < -0.3 is 9.80 Å². The van der Waals surface area contributed by atoms with E-state index in [4.69, 9.17) is 0 Å². The predicted molar refractivity (Wildman–Crippen MR) is 133 cm³/mol. The lowest BCUT2D eigenvalue weighted by molar-refractivity contribution is -0.134. The molecule has 5 rings (SSSR count). The molecule has 3 heterocycles. The predicted octanol–water partition coefficient (Wildman–Crippen LogP) is 4.97. The minimum absolute atomic E-state index is 0.0434. The van der Waals surface area contributed by atoms with E-state index < -0.39 is 0 Å². The average molecular weight is 472 g/mol. The van der Waals surface area contributed by atoms with Gasteiger partial charge in [-0.15, -0.1) is 0 Å². The quantitative estimate of drug-likeness (QED) is 0.528. The number of piperidine rings is 2. The Hall–Kier alpha value is -3.54. The molecule has 6 heteroatoms. The summed E-state index contributed by atoms with van der Waals surface area (Å²) in [4.78, 5) is 34.4. The molecule has 0 N–H and O–H groups in total. The van der Waals surface area contributed by atoms with Crippen LogP contribution in [0.4, 0.5) is 4.39 Å². The van der Waals surface area contributed by atoms with Crippen LogP contribution in [-0.4, -0.2) is 52.3 Å². The molecule has 5 nitrogen and oxygen atoms in total. The topological polar surface area (TPSA) is 53.5 Å². The number of carbonyl (C=O) groups is 2. The van der Waals surface area contributed by atoms with Crippen molar-refractivity contribution in [2.24, 2.45) is 5.92 Å². The second-order valence-electron chi connectivity index (χ2n) is 9.55. The van der Waals surface area contributed by atoms with Crippen molar-refractivity contribution in [1.82, 2.24) is 14.8 Å². The lowest BCUT2D eigenvalue weighted by atomic mass is 9.83. The molecule has 2 saturated heterocycles. The van der Waals surface area contributed by atoms with Crippen molar-refractivity contribution >= 4 is 11.8 Å². The van der Waals surface area contributed by atoms with Crippen LogP contribution in [0.5, 0.6) is 0 Å². The van der Waals surface area contributed by atoms with Crippen LogP contribution < -0.4 is 0 Å². The van der Waals surface area contributed by atoms with Crippen LogP contribution in [0.25, 0.3) is 11.1 Å². The van der Waals surface area contributed by atoms with Gasteiger partial charge in [0.2, 0.25) is 5.91 Å². The highest BCUT2D eigenvalue weighted by molar-refractivity contribution is 5.95. The number of hydrogen-bond acceptors (Lipinski definition) is 3. The number of rotatable bonds is 5. The van der Waals surface area contributed by atoms with Gasteiger partial charge in [0.15, 0.2) is 0 Å². The van der Waals surface area contributed by atoms with Gasteiger partial charge in [-0.2, -0.15) is 0 Å². The van der Waals surface area contributed by atoms with Gasteiger partial charge in [0, 0.05) is 50.1 Å². The van der Waals surface area contributed by atoms with Crippen LogP contribution in [0.15, 0.2) is 73.1 Å². The van der Waals surface area contributed by atoms with Crippen molar-refractivity contribution in [3.63, 3.8) is 0 Å². The number of likely N-dealkylation sites (tertiary alicyclic amines) is 2. The van der Waals surface area contributed by atoms with E-state index in [0.29, 0.717) is 30.9 Å². The van der Waals surface area contributed by atoms with Gasteiger partial charge in [0.25, 0.3) is 5.91 Å². The van der Waals surface area contributed by atoms with Gasteiger partial charge in [-0.3, -0.25) is 14.6 Å². The Morgan fingerprint density at radius 2 is 1.83 bits per heavy atom. The van der Waals surface area contributed by atoms with Gasteiger partial charge in [0.05, 0.1) is 0 Å². The van der Waals surface area contributed by atoms with Gasteiger partial charge in [0.1, 0.15) is 5.82 Å². The molecule has 2 aromatic carbocycles. The maximum Gasteiger partial charge on any atom is 0.254 e. The molecule has 0 aliphatic carbocycles. The second-order valence-corrected chi connectivity index (χ2v) is 9.55. The number of benzene rings is 2. The minimum atomic E-state index is -0.274. The first-order valence-corrected chi connectivity index (χ1v) is 12.4. The third-order valence-corrected chi connectivity index (χ3v) is 7.32. The fourth-order valence-corrected chi connectivity index (χ4v) is 5.48. The molecule has 2 aliphatic heterocycles. The molecule has 0 spiro atoms. The molecule has 180 valence electrons.